The lowest BCUT2D eigenvalue weighted by atomic mass is 9.95. The number of anilines is 1. The van der Waals surface area contributed by atoms with Gasteiger partial charge in [0.25, 0.3) is 0 Å². The first-order chi connectivity index (χ1) is 17.3. The maximum atomic E-state index is 13.2. The lowest BCUT2D eigenvalue weighted by molar-refractivity contribution is -0.121. The summed E-state index contributed by atoms with van der Waals surface area (Å²) >= 11 is 1.04. The van der Waals surface area contributed by atoms with Crippen molar-refractivity contribution in [3.8, 4) is 0 Å². The molecule has 2 N–H and O–H groups in total. The van der Waals surface area contributed by atoms with Crippen molar-refractivity contribution in [2.75, 3.05) is 31.6 Å². The van der Waals surface area contributed by atoms with Crippen molar-refractivity contribution >= 4 is 45.2 Å². The third kappa shape index (κ3) is 5.29. The van der Waals surface area contributed by atoms with Gasteiger partial charge in [-0.1, -0.05) is 12.1 Å². The molecule has 0 radical (unpaired) electrons. The largest absolute Gasteiger partial charge is 0.462 e. The molecule has 1 aliphatic rings. The first-order valence-electron chi connectivity index (χ1n) is 12.3. The van der Waals surface area contributed by atoms with Crippen LogP contribution in [-0.4, -0.2) is 65.1 Å². The number of aromatic nitrogens is 2. The van der Waals surface area contributed by atoms with Gasteiger partial charge in [0.2, 0.25) is 5.91 Å². The van der Waals surface area contributed by atoms with E-state index in [1.807, 2.05) is 31.2 Å². The van der Waals surface area contributed by atoms with Gasteiger partial charge in [-0.2, -0.15) is 0 Å². The molecule has 0 bridgehead atoms. The molecule has 10 heteroatoms. The van der Waals surface area contributed by atoms with Crippen molar-refractivity contribution in [2.45, 2.75) is 52.5 Å². The number of para-hydroxylation sites is 2. The summed E-state index contributed by atoms with van der Waals surface area (Å²) in [5.41, 5.74) is 2.66. The van der Waals surface area contributed by atoms with Crippen LogP contribution in [0.3, 0.4) is 0 Å². The van der Waals surface area contributed by atoms with Gasteiger partial charge in [0, 0.05) is 5.92 Å². The predicted molar refractivity (Wildman–Crippen MR) is 139 cm³/mol. The zero-order valence-corrected chi connectivity index (χ0v) is 21.9. The third-order valence-corrected chi connectivity index (χ3v) is 7.76. The third-order valence-electron chi connectivity index (χ3n) is 6.57. The number of nitrogens with zero attached hydrogens (tertiary/aromatic N) is 2. The van der Waals surface area contributed by atoms with E-state index >= 15 is 0 Å². The summed E-state index contributed by atoms with van der Waals surface area (Å²) in [5, 5.41) is 3.18. The second-order valence-electron chi connectivity index (χ2n) is 8.82. The van der Waals surface area contributed by atoms with Crippen LogP contribution >= 0.6 is 11.3 Å². The van der Waals surface area contributed by atoms with Crippen LogP contribution < -0.4 is 5.32 Å². The van der Waals surface area contributed by atoms with Crippen LogP contribution in [0.1, 0.15) is 70.9 Å². The van der Waals surface area contributed by atoms with Gasteiger partial charge in [-0.15, -0.1) is 11.3 Å². The van der Waals surface area contributed by atoms with E-state index < -0.39 is 18.0 Å². The number of amides is 1. The molecular formula is C26H32N4O5S. The second kappa shape index (κ2) is 11.2. The highest BCUT2D eigenvalue weighted by Gasteiger charge is 2.31. The van der Waals surface area contributed by atoms with Crippen LogP contribution in [0.2, 0.25) is 0 Å². The molecule has 2 aromatic heterocycles. The monoisotopic (exact) mass is 512 g/mol. The second-order valence-corrected chi connectivity index (χ2v) is 9.84. The molecule has 0 spiro atoms. The summed E-state index contributed by atoms with van der Waals surface area (Å²) in [6, 6.07) is 7.59. The van der Waals surface area contributed by atoms with E-state index in [9.17, 15) is 14.4 Å². The summed E-state index contributed by atoms with van der Waals surface area (Å²) < 4.78 is 10.3. The van der Waals surface area contributed by atoms with Crippen molar-refractivity contribution < 1.29 is 23.9 Å². The zero-order valence-electron chi connectivity index (χ0n) is 21.1. The lowest BCUT2D eigenvalue weighted by Gasteiger charge is -2.34. The van der Waals surface area contributed by atoms with Gasteiger partial charge < -0.3 is 19.8 Å². The molecule has 3 heterocycles. The van der Waals surface area contributed by atoms with Gasteiger partial charge in [0.05, 0.1) is 35.9 Å². The van der Waals surface area contributed by atoms with E-state index in [-0.39, 0.29) is 29.6 Å². The Morgan fingerprint density at radius 2 is 1.81 bits per heavy atom. The number of imidazole rings is 1. The van der Waals surface area contributed by atoms with E-state index in [4.69, 9.17) is 14.5 Å². The van der Waals surface area contributed by atoms with Gasteiger partial charge in [-0.25, -0.2) is 14.6 Å². The van der Waals surface area contributed by atoms with E-state index in [0.717, 1.165) is 54.1 Å². The molecule has 1 amide bonds. The Morgan fingerprint density at radius 3 is 2.47 bits per heavy atom. The van der Waals surface area contributed by atoms with Crippen LogP contribution in [-0.2, 0) is 14.3 Å². The molecule has 1 fully saturated rings. The molecular weight excluding hydrogens is 480 g/mol. The fourth-order valence-electron chi connectivity index (χ4n) is 4.55. The molecule has 4 rings (SSSR count). The summed E-state index contributed by atoms with van der Waals surface area (Å²) in [4.78, 5) is 48.8. The van der Waals surface area contributed by atoms with Gasteiger partial charge in [0.15, 0.2) is 0 Å². The molecule has 3 aromatic rings. The minimum absolute atomic E-state index is 0.187. The van der Waals surface area contributed by atoms with Gasteiger partial charge >= 0.3 is 11.9 Å². The molecule has 192 valence electrons. The Hall–Kier alpha value is -3.24. The fourth-order valence-corrected chi connectivity index (χ4v) is 5.64. The number of rotatable bonds is 8. The molecule has 0 saturated carbocycles. The number of fused-ring (bicyclic) bond motifs is 1. The van der Waals surface area contributed by atoms with Gasteiger partial charge in [-0.3, -0.25) is 9.69 Å². The Kier molecular flexibility index (Phi) is 8.05. The van der Waals surface area contributed by atoms with Crippen molar-refractivity contribution in [3.63, 3.8) is 0 Å². The molecule has 36 heavy (non-hydrogen) atoms. The molecule has 1 unspecified atom stereocenters. The maximum absolute atomic E-state index is 13.2. The Balaban J connectivity index is 1.44. The van der Waals surface area contributed by atoms with Crippen molar-refractivity contribution in [1.82, 2.24) is 14.9 Å². The predicted octanol–water partition coefficient (Wildman–Crippen LogP) is 4.49. The van der Waals surface area contributed by atoms with Crippen molar-refractivity contribution in [2.24, 2.45) is 0 Å². The number of hydrogen-bond donors (Lipinski definition) is 2. The van der Waals surface area contributed by atoms with Crippen LogP contribution in [0.5, 0.6) is 0 Å². The lowest BCUT2D eigenvalue weighted by Crippen LogP contribution is -2.45. The number of ether oxygens (including phenoxy) is 2. The normalized spacial score (nSPS) is 15.6. The van der Waals surface area contributed by atoms with Crippen molar-refractivity contribution in [1.29, 1.82) is 0 Å². The SMILES string of the molecule is CCOC(=O)c1sc(NC(=O)C(C)N2CCC(c3nc4ccccc4[nH]3)CC2)c(C(=O)OCC)c1C. The average Bonchev–Trinajstić information content (AvgIpc) is 3.45. The zero-order chi connectivity index (χ0) is 25.8. The van der Waals surface area contributed by atoms with Crippen LogP contribution in [0.4, 0.5) is 5.00 Å². The number of H-pyrrole nitrogens is 1. The molecule has 0 aliphatic carbocycles. The summed E-state index contributed by atoms with van der Waals surface area (Å²) in [6.45, 7) is 8.85. The van der Waals surface area contributed by atoms with E-state index in [2.05, 4.69) is 15.2 Å². The summed E-state index contributed by atoms with van der Waals surface area (Å²) in [5.74, 6) is -0.0263. The quantitative estimate of drug-likeness (QED) is 0.428. The highest BCUT2D eigenvalue weighted by Crippen LogP contribution is 2.35. The summed E-state index contributed by atoms with van der Waals surface area (Å²) in [7, 11) is 0. The highest BCUT2D eigenvalue weighted by atomic mass is 32.1. The van der Waals surface area contributed by atoms with Crippen molar-refractivity contribution in [3.05, 3.63) is 46.1 Å². The summed E-state index contributed by atoms with van der Waals surface area (Å²) in [6.07, 6.45) is 1.77. The van der Waals surface area contributed by atoms with E-state index in [0.29, 0.717) is 16.5 Å². The Labute approximate surface area is 214 Å². The van der Waals surface area contributed by atoms with Crippen LogP contribution in [0, 0.1) is 6.92 Å². The highest BCUT2D eigenvalue weighted by molar-refractivity contribution is 7.18. The van der Waals surface area contributed by atoms with Gasteiger partial charge in [-0.05, 0) is 71.3 Å². The minimum Gasteiger partial charge on any atom is -0.462 e. The van der Waals surface area contributed by atoms with E-state index in [1.54, 1.807) is 20.8 Å². The number of nitrogens with one attached hydrogen (secondary N) is 2. The van der Waals surface area contributed by atoms with Gasteiger partial charge in [0.1, 0.15) is 15.7 Å². The number of benzene rings is 1. The first kappa shape index (κ1) is 25.8. The topological polar surface area (TPSA) is 114 Å². The minimum atomic E-state index is -0.573. The number of aromatic amines is 1. The molecule has 1 aliphatic heterocycles. The number of hydrogen-bond acceptors (Lipinski definition) is 8. The molecule has 1 aromatic carbocycles. The number of likely N-dealkylation sites (tertiary alicyclic amines) is 1. The number of thiophene rings is 1. The Morgan fingerprint density at radius 1 is 1.14 bits per heavy atom. The van der Waals surface area contributed by atoms with E-state index in [1.165, 1.54) is 0 Å². The maximum Gasteiger partial charge on any atom is 0.348 e. The molecule has 1 atom stereocenters. The first-order valence-corrected chi connectivity index (χ1v) is 13.1. The molecule has 9 nitrogen and oxygen atoms in total. The van der Waals surface area contributed by atoms with Crippen LogP contribution in [0.15, 0.2) is 24.3 Å². The fraction of sp³-hybridized carbons (Fsp3) is 0.462. The van der Waals surface area contributed by atoms with Crippen LogP contribution in [0.25, 0.3) is 11.0 Å². The number of esters is 2. The Bertz CT molecular complexity index is 1230. The standard InChI is InChI=1S/C26H32N4O5S/c1-5-34-25(32)20-15(3)21(26(33)35-6-2)36-24(20)29-23(31)16(4)30-13-11-17(12-14-30)22-27-18-9-7-8-10-19(18)28-22/h7-10,16-17H,5-6,11-14H2,1-4H3,(H,27,28)(H,29,31). The smallest absolute Gasteiger partial charge is 0.348 e. The number of carbonyl (C=O) groups excluding carboxylic acids is 3. The number of piperidine rings is 1. The number of carbonyl (C=O) groups is 3. The molecule has 1 saturated heterocycles. The average molecular weight is 513 g/mol.